The molecule has 0 unspecified atom stereocenters. The van der Waals surface area contributed by atoms with Crippen molar-refractivity contribution in [3.63, 3.8) is 0 Å². The quantitative estimate of drug-likeness (QED) is 0.594. The number of hydrogen-bond acceptors (Lipinski definition) is 3. The van der Waals surface area contributed by atoms with E-state index in [1.807, 2.05) is 13.0 Å². The van der Waals surface area contributed by atoms with Crippen LogP contribution in [0.2, 0.25) is 0 Å². The summed E-state index contributed by atoms with van der Waals surface area (Å²) < 4.78 is 0. The molecule has 0 amide bonds. The third-order valence-corrected chi connectivity index (χ3v) is 1.39. The van der Waals surface area contributed by atoms with Gasteiger partial charge < -0.3 is 16.5 Å². The molecule has 1 aromatic heterocycles. The molecule has 0 aromatic carbocycles. The van der Waals surface area contributed by atoms with E-state index < -0.39 is 0 Å². The van der Waals surface area contributed by atoms with E-state index in [0.29, 0.717) is 5.69 Å². The number of aromatic nitrogens is 1. The summed E-state index contributed by atoms with van der Waals surface area (Å²) in [5.41, 5.74) is 11.8. The van der Waals surface area contributed by atoms with Gasteiger partial charge >= 0.3 is 0 Å². The molecule has 5 N–H and O–H groups in total. The average molecular weight is 183 g/mol. The molecule has 0 fully saturated rings. The van der Waals surface area contributed by atoms with Crippen LogP contribution < -0.4 is 11.5 Å². The van der Waals surface area contributed by atoms with Gasteiger partial charge in [-0.05, 0) is 38.6 Å². The van der Waals surface area contributed by atoms with E-state index >= 15 is 0 Å². The van der Waals surface area contributed by atoms with Crippen LogP contribution >= 0.6 is 0 Å². The standard InChI is InChI=1S/C6H7NO.C3H10N2/c1-5-2-3-6(4-8)7-5;4-2-1-3-5/h2-4,7H,1H3;1-5H2. The minimum absolute atomic E-state index is 0.641. The highest BCUT2D eigenvalue weighted by atomic mass is 16.1. The molecule has 0 saturated carbocycles. The lowest BCUT2D eigenvalue weighted by Gasteiger charge is -1.81. The molecule has 0 bridgehead atoms. The lowest BCUT2D eigenvalue weighted by atomic mass is 10.4. The van der Waals surface area contributed by atoms with Crippen LogP contribution in [0, 0.1) is 6.92 Å². The van der Waals surface area contributed by atoms with E-state index in [1.165, 1.54) is 0 Å². The second kappa shape index (κ2) is 7.52. The van der Waals surface area contributed by atoms with Gasteiger partial charge in [0.1, 0.15) is 0 Å². The largest absolute Gasteiger partial charge is 0.357 e. The third-order valence-electron chi connectivity index (χ3n) is 1.39. The first-order valence-electron chi connectivity index (χ1n) is 4.25. The van der Waals surface area contributed by atoms with Crippen molar-refractivity contribution in [3.8, 4) is 0 Å². The van der Waals surface area contributed by atoms with Gasteiger partial charge in [0.2, 0.25) is 0 Å². The Morgan fingerprint density at radius 2 is 2.00 bits per heavy atom. The number of H-pyrrole nitrogens is 1. The van der Waals surface area contributed by atoms with Crippen LogP contribution in [-0.4, -0.2) is 24.4 Å². The topological polar surface area (TPSA) is 84.9 Å². The zero-order valence-electron chi connectivity index (χ0n) is 7.92. The molecule has 4 nitrogen and oxygen atoms in total. The molecule has 4 heteroatoms. The predicted octanol–water partition coefficient (Wildman–Crippen LogP) is 0.430. The van der Waals surface area contributed by atoms with Crippen molar-refractivity contribution >= 4 is 6.29 Å². The molecule has 0 aliphatic carbocycles. The van der Waals surface area contributed by atoms with Crippen LogP contribution in [0.25, 0.3) is 0 Å². The summed E-state index contributed by atoms with van der Waals surface area (Å²) in [6.07, 6.45) is 1.74. The summed E-state index contributed by atoms with van der Waals surface area (Å²) in [6.45, 7) is 3.35. The van der Waals surface area contributed by atoms with E-state index in [1.54, 1.807) is 6.07 Å². The Morgan fingerprint density at radius 3 is 2.15 bits per heavy atom. The lowest BCUT2D eigenvalue weighted by molar-refractivity contribution is 0.111. The Labute approximate surface area is 78.3 Å². The van der Waals surface area contributed by atoms with E-state index in [2.05, 4.69) is 4.98 Å². The number of aryl methyl sites for hydroxylation is 1. The SMILES string of the molecule is Cc1ccc(C=O)[nH]1.NCCCN. The summed E-state index contributed by atoms with van der Waals surface area (Å²) in [6, 6.07) is 3.62. The summed E-state index contributed by atoms with van der Waals surface area (Å²) in [5, 5.41) is 0. The first-order chi connectivity index (χ1) is 6.24. The summed E-state index contributed by atoms with van der Waals surface area (Å²) in [4.78, 5) is 12.8. The van der Waals surface area contributed by atoms with Crippen molar-refractivity contribution in [2.75, 3.05) is 13.1 Å². The predicted molar refractivity (Wildman–Crippen MR) is 53.6 cm³/mol. The molecule has 0 aliphatic heterocycles. The van der Waals surface area contributed by atoms with Crippen molar-refractivity contribution in [2.45, 2.75) is 13.3 Å². The Kier molecular flexibility index (Phi) is 6.86. The van der Waals surface area contributed by atoms with Gasteiger partial charge in [-0.15, -0.1) is 0 Å². The molecule has 1 heterocycles. The first-order valence-corrected chi connectivity index (χ1v) is 4.25. The van der Waals surface area contributed by atoms with Gasteiger partial charge in [0, 0.05) is 5.69 Å². The number of rotatable bonds is 3. The molecule has 0 saturated heterocycles. The molecule has 0 atom stereocenters. The van der Waals surface area contributed by atoms with E-state index in [-0.39, 0.29) is 0 Å². The molecule has 1 aromatic rings. The fourth-order valence-corrected chi connectivity index (χ4v) is 0.712. The van der Waals surface area contributed by atoms with Gasteiger partial charge in [-0.2, -0.15) is 0 Å². The summed E-state index contributed by atoms with van der Waals surface area (Å²) >= 11 is 0. The minimum atomic E-state index is 0.641. The van der Waals surface area contributed by atoms with Crippen LogP contribution in [0.1, 0.15) is 22.6 Å². The Morgan fingerprint density at radius 1 is 1.38 bits per heavy atom. The molecule has 74 valence electrons. The maximum Gasteiger partial charge on any atom is 0.166 e. The number of carbonyl (C=O) groups is 1. The molecular weight excluding hydrogens is 166 g/mol. The van der Waals surface area contributed by atoms with Crippen molar-refractivity contribution in [1.29, 1.82) is 0 Å². The van der Waals surface area contributed by atoms with Crippen LogP contribution in [0.5, 0.6) is 0 Å². The monoisotopic (exact) mass is 183 g/mol. The molecular formula is C9H17N3O. The molecule has 13 heavy (non-hydrogen) atoms. The van der Waals surface area contributed by atoms with Crippen LogP contribution in [0.4, 0.5) is 0 Å². The highest BCUT2D eigenvalue weighted by molar-refractivity contribution is 5.71. The second-order valence-electron chi connectivity index (χ2n) is 2.65. The molecule has 0 radical (unpaired) electrons. The summed E-state index contributed by atoms with van der Waals surface area (Å²) in [5.74, 6) is 0. The zero-order chi connectivity index (χ0) is 10.1. The second-order valence-corrected chi connectivity index (χ2v) is 2.65. The van der Waals surface area contributed by atoms with Crippen LogP contribution in [-0.2, 0) is 0 Å². The Hall–Kier alpha value is -1.13. The maximum absolute atomic E-state index is 9.99. The van der Waals surface area contributed by atoms with Crippen molar-refractivity contribution in [1.82, 2.24) is 4.98 Å². The molecule has 0 spiro atoms. The van der Waals surface area contributed by atoms with Gasteiger partial charge in [0.05, 0.1) is 5.69 Å². The van der Waals surface area contributed by atoms with Gasteiger partial charge in [0.25, 0.3) is 0 Å². The van der Waals surface area contributed by atoms with Crippen molar-refractivity contribution in [3.05, 3.63) is 23.5 Å². The lowest BCUT2D eigenvalue weighted by Crippen LogP contribution is -2.06. The minimum Gasteiger partial charge on any atom is -0.357 e. The number of nitrogens with one attached hydrogen (secondary N) is 1. The fourth-order valence-electron chi connectivity index (χ4n) is 0.712. The highest BCUT2D eigenvalue weighted by Crippen LogP contribution is 1.94. The van der Waals surface area contributed by atoms with Crippen LogP contribution in [0.3, 0.4) is 0 Å². The smallest absolute Gasteiger partial charge is 0.166 e. The molecule has 0 aliphatic rings. The van der Waals surface area contributed by atoms with Gasteiger partial charge in [-0.25, -0.2) is 0 Å². The Balaban J connectivity index is 0.000000252. The van der Waals surface area contributed by atoms with Crippen molar-refractivity contribution in [2.24, 2.45) is 11.5 Å². The highest BCUT2D eigenvalue weighted by Gasteiger charge is 1.87. The first kappa shape index (κ1) is 11.9. The third kappa shape index (κ3) is 6.07. The van der Waals surface area contributed by atoms with Gasteiger partial charge in [-0.3, -0.25) is 4.79 Å². The average Bonchev–Trinajstić information content (AvgIpc) is 2.54. The van der Waals surface area contributed by atoms with Gasteiger partial charge in [-0.1, -0.05) is 0 Å². The van der Waals surface area contributed by atoms with Crippen LogP contribution in [0.15, 0.2) is 12.1 Å². The normalized spacial score (nSPS) is 8.85. The van der Waals surface area contributed by atoms with E-state index in [4.69, 9.17) is 11.5 Å². The van der Waals surface area contributed by atoms with E-state index in [0.717, 1.165) is 31.5 Å². The molecule has 1 rings (SSSR count). The van der Waals surface area contributed by atoms with Gasteiger partial charge in [0.15, 0.2) is 6.29 Å². The number of carbonyl (C=O) groups excluding carboxylic acids is 1. The number of aldehydes is 1. The maximum atomic E-state index is 9.99. The number of hydrogen-bond donors (Lipinski definition) is 3. The van der Waals surface area contributed by atoms with E-state index in [9.17, 15) is 4.79 Å². The number of aromatic amines is 1. The fraction of sp³-hybridized carbons (Fsp3) is 0.444. The summed E-state index contributed by atoms with van der Waals surface area (Å²) in [7, 11) is 0. The Bertz CT molecular complexity index is 231. The zero-order valence-corrected chi connectivity index (χ0v) is 7.92. The number of nitrogens with two attached hydrogens (primary N) is 2. The van der Waals surface area contributed by atoms with Crippen molar-refractivity contribution < 1.29 is 4.79 Å².